The maximum atomic E-state index is 4.71. The Morgan fingerprint density at radius 1 is 1.26 bits per heavy atom. The van der Waals surface area contributed by atoms with Gasteiger partial charge in [0.1, 0.15) is 5.01 Å². The van der Waals surface area contributed by atoms with Crippen molar-refractivity contribution in [3.63, 3.8) is 0 Å². The van der Waals surface area contributed by atoms with E-state index in [2.05, 4.69) is 67.8 Å². The Morgan fingerprint density at radius 3 is 2.61 bits per heavy atom. The molecule has 126 valence electrons. The van der Waals surface area contributed by atoms with Gasteiger partial charge in [0.2, 0.25) is 0 Å². The van der Waals surface area contributed by atoms with E-state index in [1.54, 1.807) is 22.7 Å². The first kappa shape index (κ1) is 17.9. The van der Waals surface area contributed by atoms with Gasteiger partial charge in [-0.1, -0.05) is 20.8 Å². The van der Waals surface area contributed by atoms with Gasteiger partial charge in [0, 0.05) is 27.1 Å². The first-order valence-electron chi connectivity index (χ1n) is 7.91. The van der Waals surface area contributed by atoms with Crippen molar-refractivity contribution in [2.24, 2.45) is 4.99 Å². The second kappa shape index (κ2) is 7.93. The monoisotopic (exact) mass is 350 g/mol. The number of aryl methyl sites for hydroxylation is 1. The Morgan fingerprint density at radius 2 is 2.04 bits per heavy atom. The minimum absolute atomic E-state index is 0.102. The van der Waals surface area contributed by atoms with Crippen LogP contribution in [0.3, 0.4) is 0 Å². The molecule has 0 aliphatic heterocycles. The van der Waals surface area contributed by atoms with Crippen molar-refractivity contribution in [2.75, 3.05) is 6.54 Å². The number of hydrogen-bond acceptors (Lipinski definition) is 4. The summed E-state index contributed by atoms with van der Waals surface area (Å²) in [5, 5.41) is 9.90. The van der Waals surface area contributed by atoms with Gasteiger partial charge in [-0.3, -0.25) is 0 Å². The molecule has 2 aromatic rings. The van der Waals surface area contributed by atoms with E-state index in [9.17, 15) is 0 Å². The molecule has 2 heterocycles. The lowest BCUT2D eigenvalue weighted by atomic mass is 9.93. The van der Waals surface area contributed by atoms with E-state index in [-0.39, 0.29) is 5.41 Å². The highest BCUT2D eigenvalue weighted by Crippen LogP contribution is 2.23. The fraction of sp³-hybridized carbons (Fsp3) is 0.529. The molecule has 0 saturated heterocycles. The van der Waals surface area contributed by atoms with Crippen LogP contribution in [0.1, 0.15) is 48.2 Å². The van der Waals surface area contributed by atoms with Crippen molar-refractivity contribution in [3.8, 4) is 0 Å². The van der Waals surface area contributed by atoms with E-state index in [1.807, 2.05) is 0 Å². The van der Waals surface area contributed by atoms with Crippen LogP contribution in [-0.2, 0) is 18.5 Å². The third-order valence-electron chi connectivity index (χ3n) is 3.26. The number of thiazole rings is 1. The number of nitrogens with zero attached hydrogens (tertiary/aromatic N) is 2. The summed E-state index contributed by atoms with van der Waals surface area (Å²) in [6.07, 6.45) is 0. The summed E-state index contributed by atoms with van der Waals surface area (Å²) in [6, 6.07) is 4.28. The zero-order chi connectivity index (χ0) is 16.9. The smallest absolute Gasteiger partial charge is 0.191 e. The Hall–Kier alpha value is -1.40. The Balaban J connectivity index is 1.95. The summed E-state index contributed by atoms with van der Waals surface area (Å²) in [5.74, 6) is 0.839. The second-order valence-corrected chi connectivity index (χ2v) is 8.75. The number of hydrogen-bond donors (Lipinski definition) is 2. The van der Waals surface area contributed by atoms with E-state index in [1.165, 1.54) is 9.75 Å². The van der Waals surface area contributed by atoms with E-state index < -0.39 is 0 Å². The first-order chi connectivity index (χ1) is 10.9. The molecule has 2 rings (SSSR count). The Bertz CT molecular complexity index is 650. The third-order valence-corrected chi connectivity index (χ3v) is 5.09. The topological polar surface area (TPSA) is 49.3 Å². The van der Waals surface area contributed by atoms with E-state index in [0.717, 1.165) is 23.2 Å². The normalized spacial score (nSPS) is 12.5. The zero-order valence-electron chi connectivity index (χ0n) is 14.6. The number of aliphatic imine (C=N–C) groups is 1. The molecular formula is C17H26N4S2. The maximum absolute atomic E-state index is 4.71. The van der Waals surface area contributed by atoms with Gasteiger partial charge in [0.25, 0.3) is 0 Å². The molecule has 0 unspecified atom stereocenters. The lowest BCUT2D eigenvalue weighted by Crippen LogP contribution is -2.36. The number of rotatable bonds is 5. The highest BCUT2D eigenvalue weighted by molar-refractivity contribution is 7.11. The van der Waals surface area contributed by atoms with Crippen LogP contribution in [0.4, 0.5) is 0 Å². The molecule has 0 aliphatic carbocycles. The van der Waals surface area contributed by atoms with Gasteiger partial charge >= 0.3 is 0 Å². The van der Waals surface area contributed by atoms with Crippen molar-refractivity contribution >= 4 is 28.6 Å². The van der Waals surface area contributed by atoms with Crippen LogP contribution >= 0.6 is 22.7 Å². The van der Waals surface area contributed by atoms with Crippen LogP contribution in [0.15, 0.2) is 22.5 Å². The second-order valence-electron chi connectivity index (χ2n) is 6.44. The van der Waals surface area contributed by atoms with E-state index >= 15 is 0 Å². The summed E-state index contributed by atoms with van der Waals surface area (Å²) < 4.78 is 0. The van der Waals surface area contributed by atoms with Gasteiger partial charge < -0.3 is 10.6 Å². The molecule has 0 saturated carbocycles. The van der Waals surface area contributed by atoms with Gasteiger partial charge in [0.15, 0.2) is 5.96 Å². The van der Waals surface area contributed by atoms with Crippen LogP contribution in [0.5, 0.6) is 0 Å². The largest absolute Gasteiger partial charge is 0.357 e. The van der Waals surface area contributed by atoms with Crippen molar-refractivity contribution in [2.45, 2.75) is 53.1 Å². The fourth-order valence-electron chi connectivity index (χ4n) is 1.96. The van der Waals surface area contributed by atoms with Gasteiger partial charge in [0.05, 0.1) is 18.8 Å². The van der Waals surface area contributed by atoms with Crippen molar-refractivity contribution < 1.29 is 0 Å². The van der Waals surface area contributed by atoms with Crippen molar-refractivity contribution in [1.29, 1.82) is 0 Å². The number of guanidine groups is 1. The number of thiophene rings is 1. The lowest BCUT2D eigenvalue weighted by molar-refractivity contribution is 0.570. The molecular weight excluding hydrogens is 324 g/mol. The van der Waals surface area contributed by atoms with Gasteiger partial charge in [-0.25, -0.2) is 9.98 Å². The molecule has 0 fully saturated rings. The van der Waals surface area contributed by atoms with Gasteiger partial charge in [-0.05, 0) is 26.0 Å². The predicted molar refractivity (Wildman–Crippen MR) is 102 cm³/mol. The molecule has 23 heavy (non-hydrogen) atoms. The van der Waals surface area contributed by atoms with Crippen molar-refractivity contribution in [3.05, 3.63) is 38.0 Å². The van der Waals surface area contributed by atoms with Crippen LogP contribution in [-0.4, -0.2) is 17.5 Å². The van der Waals surface area contributed by atoms with E-state index in [0.29, 0.717) is 13.1 Å². The van der Waals surface area contributed by atoms with Gasteiger partial charge in [-0.15, -0.1) is 22.7 Å². The van der Waals surface area contributed by atoms with Crippen molar-refractivity contribution in [1.82, 2.24) is 15.6 Å². The Kier molecular flexibility index (Phi) is 6.18. The minimum atomic E-state index is 0.102. The molecule has 0 atom stereocenters. The van der Waals surface area contributed by atoms with E-state index in [4.69, 9.17) is 4.98 Å². The molecule has 0 radical (unpaired) electrons. The quantitative estimate of drug-likeness (QED) is 0.631. The molecule has 6 heteroatoms. The van der Waals surface area contributed by atoms with Crippen LogP contribution < -0.4 is 10.6 Å². The van der Waals surface area contributed by atoms with Crippen LogP contribution in [0, 0.1) is 6.92 Å². The number of aromatic nitrogens is 1. The fourth-order valence-corrected chi connectivity index (χ4v) is 3.74. The third kappa shape index (κ3) is 5.62. The molecule has 0 bridgehead atoms. The summed E-state index contributed by atoms with van der Waals surface area (Å²) in [4.78, 5) is 12.0. The van der Waals surface area contributed by atoms with Gasteiger partial charge in [-0.2, -0.15) is 0 Å². The zero-order valence-corrected chi connectivity index (χ0v) is 16.2. The average Bonchev–Trinajstić information content (AvgIpc) is 3.10. The SMILES string of the molecule is CCNC(=NCc1ccc(C)s1)NCc1nc(C(C)(C)C)cs1. The molecule has 0 spiro atoms. The first-order valence-corrected chi connectivity index (χ1v) is 9.60. The molecule has 2 aromatic heterocycles. The highest BCUT2D eigenvalue weighted by atomic mass is 32.1. The number of nitrogens with one attached hydrogen (secondary N) is 2. The predicted octanol–water partition coefficient (Wildman–Crippen LogP) is 4.07. The highest BCUT2D eigenvalue weighted by Gasteiger charge is 2.17. The average molecular weight is 351 g/mol. The summed E-state index contributed by atoms with van der Waals surface area (Å²) in [7, 11) is 0. The van der Waals surface area contributed by atoms with Crippen LogP contribution in [0.2, 0.25) is 0 Å². The maximum Gasteiger partial charge on any atom is 0.191 e. The molecule has 0 amide bonds. The molecule has 2 N–H and O–H groups in total. The minimum Gasteiger partial charge on any atom is -0.357 e. The molecule has 0 aliphatic rings. The van der Waals surface area contributed by atoms with Crippen LogP contribution in [0.25, 0.3) is 0 Å². The summed E-state index contributed by atoms with van der Waals surface area (Å²) >= 11 is 3.50. The summed E-state index contributed by atoms with van der Waals surface area (Å²) in [5.41, 5.74) is 1.25. The lowest BCUT2D eigenvalue weighted by Gasteiger charge is -2.14. The molecule has 0 aromatic carbocycles. The Labute approximate surface area is 147 Å². The summed E-state index contributed by atoms with van der Waals surface area (Å²) in [6.45, 7) is 13.0. The standard InChI is InChI=1S/C17H26N4S2/c1-6-18-16(19-9-13-8-7-12(2)23-13)20-10-15-21-14(11-22-15)17(3,4)5/h7-8,11H,6,9-10H2,1-5H3,(H2,18,19,20). The molecule has 4 nitrogen and oxygen atoms in total.